The third-order valence-corrected chi connectivity index (χ3v) is 1.42. The van der Waals surface area contributed by atoms with E-state index in [1.165, 1.54) is 13.0 Å². The molecule has 0 heterocycles. The highest BCUT2D eigenvalue weighted by molar-refractivity contribution is 5.86. The smallest absolute Gasteiger partial charge is 0.161 e. The molecule has 0 saturated carbocycles. The van der Waals surface area contributed by atoms with Gasteiger partial charge in [0.05, 0.1) is 0 Å². The number of carbonyl (C=O) groups excluding carboxylic acids is 1. The topological polar surface area (TPSA) is 35.5 Å². The van der Waals surface area contributed by atoms with Crippen LogP contribution in [-0.4, -0.2) is 25.3 Å². The molecule has 3 heteroatoms. The second-order valence-electron chi connectivity index (χ2n) is 2.70. The van der Waals surface area contributed by atoms with Crippen LogP contribution in [0, 0.1) is 0 Å². The van der Waals surface area contributed by atoms with Crippen LogP contribution in [0.15, 0.2) is 17.9 Å². The van der Waals surface area contributed by atoms with Crippen LogP contribution in [0.4, 0.5) is 0 Å². The molecule has 0 aliphatic heterocycles. The summed E-state index contributed by atoms with van der Waals surface area (Å²) in [5.41, 5.74) is 2.77. The van der Waals surface area contributed by atoms with E-state index >= 15 is 0 Å². The second kappa shape index (κ2) is 8.70. The molecular formula is C11H18O3. The van der Waals surface area contributed by atoms with Gasteiger partial charge in [-0.1, -0.05) is 0 Å². The molecule has 0 fully saturated rings. The fraction of sp³-hybridized carbons (Fsp3) is 0.636. The maximum Gasteiger partial charge on any atom is 0.161 e. The standard InChI is InChI=1S/C11H18O3/c1-4-13-11(14-5-2)9-7-6-8-10(3)12/h7-8,11H,4-5,9H2,1-3H3. The van der Waals surface area contributed by atoms with Crippen molar-refractivity contribution >= 4 is 5.78 Å². The normalized spacial score (nSPS) is 9.71. The van der Waals surface area contributed by atoms with E-state index < -0.39 is 0 Å². The predicted molar refractivity (Wildman–Crippen MR) is 55.0 cm³/mol. The lowest BCUT2D eigenvalue weighted by molar-refractivity contribution is -0.133. The first-order valence-electron chi connectivity index (χ1n) is 4.85. The second-order valence-corrected chi connectivity index (χ2v) is 2.70. The van der Waals surface area contributed by atoms with Gasteiger partial charge in [0.25, 0.3) is 0 Å². The lowest BCUT2D eigenvalue weighted by Gasteiger charge is -2.13. The van der Waals surface area contributed by atoms with E-state index in [1.54, 1.807) is 6.08 Å². The van der Waals surface area contributed by atoms with E-state index in [0.717, 1.165) is 0 Å². The summed E-state index contributed by atoms with van der Waals surface area (Å²) < 4.78 is 10.6. The van der Waals surface area contributed by atoms with Crippen LogP contribution < -0.4 is 0 Å². The first-order chi connectivity index (χ1) is 6.70. The van der Waals surface area contributed by atoms with Crippen molar-refractivity contribution in [1.82, 2.24) is 0 Å². The maximum atomic E-state index is 10.5. The minimum absolute atomic E-state index is 0.00869. The highest BCUT2D eigenvalue weighted by atomic mass is 16.7. The lowest BCUT2D eigenvalue weighted by Crippen LogP contribution is -2.15. The summed E-state index contributed by atoms with van der Waals surface area (Å²) in [6.07, 6.45) is 3.54. The fourth-order valence-electron chi connectivity index (χ4n) is 0.897. The Hall–Kier alpha value is -0.890. The van der Waals surface area contributed by atoms with E-state index in [1.807, 2.05) is 13.8 Å². The van der Waals surface area contributed by atoms with Crippen LogP contribution in [0.3, 0.4) is 0 Å². The van der Waals surface area contributed by atoms with Crippen molar-refractivity contribution in [2.75, 3.05) is 13.2 Å². The molecule has 0 aliphatic carbocycles. The minimum Gasteiger partial charge on any atom is -0.353 e. The van der Waals surface area contributed by atoms with Crippen LogP contribution in [-0.2, 0) is 14.3 Å². The Labute approximate surface area is 85.4 Å². The van der Waals surface area contributed by atoms with Crippen molar-refractivity contribution < 1.29 is 14.3 Å². The summed E-state index contributed by atoms with van der Waals surface area (Å²) in [7, 11) is 0. The third kappa shape index (κ3) is 7.74. The number of rotatable bonds is 7. The van der Waals surface area contributed by atoms with Crippen molar-refractivity contribution in [2.45, 2.75) is 33.5 Å². The SMILES string of the molecule is CCOC(CC=C=CC(C)=O)OCC. The largest absolute Gasteiger partial charge is 0.353 e. The van der Waals surface area contributed by atoms with Crippen LogP contribution in [0.2, 0.25) is 0 Å². The number of hydrogen-bond acceptors (Lipinski definition) is 3. The van der Waals surface area contributed by atoms with Crippen LogP contribution >= 0.6 is 0 Å². The van der Waals surface area contributed by atoms with Crippen LogP contribution in [0.1, 0.15) is 27.2 Å². The van der Waals surface area contributed by atoms with E-state index in [9.17, 15) is 4.79 Å². The molecule has 0 amide bonds. The summed E-state index contributed by atoms with van der Waals surface area (Å²) in [5.74, 6) is -0.00869. The molecule has 0 N–H and O–H groups in total. The number of carbonyl (C=O) groups is 1. The first kappa shape index (κ1) is 13.1. The predicted octanol–water partition coefficient (Wildman–Crippen LogP) is 2.08. The molecule has 0 aromatic heterocycles. The van der Waals surface area contributed by atoms with Crippen molar-refractivity contribution in [2.24, 2.45) is 0 Å². The summed E-state index contributed by atoms with van der Waals surface area (Å²) in [4.78, 5) is 10.5. The molecule has 0 atom stereocenters. The van der Waals surface area contributed by atoms with Gasteiger partial charge < -0.3 is 9.47 Å². The average Bonchev–Trinajstić information content (AvgIpc) is 2.12. The van der Waals surface area contributed by atoms with Gasteiger partial charge in [0.1, 0.15) is 0 Å². The minimum atomic E-state index is -0.224. The molecule has 80 valence electrons. The van der Waals surface area contributed by atoms with Crippen molar-refractivity contribution in [3.63, 3.8) is 0 Å². The molecule has 0 aromatic carbocycles. The van der Waals surface area contributed by atoms with Crippen molar-refractivity contribution in [3.05, 3.63) is 17.9 Å². The van der Waals surface area contributed by atoms with Crippen LogP contribution in [0.25, 0.3) is 0 Å². The van der Waals surface area contributed by atoms with E-state index in [-0.39, 0.29) is 12.1 Å². The zero-order valence-corrected chi connectivity index (χ0v) is 9.08. The van der Waals surface area contributed by atoms with Crippen molar-refractivity contribution in [1.29, 1.82) is 0 Å². The fourth-order valence-corrected chi connectivity index (χ4v) is 0.897. The molecule has 0 unspecified atom stereocenters. The molecule has 0 saturated heterocycles. The number of hydrogen-bond donors (Lipinski definition) is 0. The summed E-state index contributed by atoms with van der Waals surface area (Å²) in [5, 5.41) is 0. The molecular weight excluding hydrogens is 180 g/mol. The molecule has 0 aliphatic rings. The molecule has 14 heavy (non-hydrogen) atoms. The molecule has 0 radical (unpaired) electrons. The van der Waals surface area contributed by atoms with Gasteiger partial charge in [-0.25, -0.2) is 0 Å². The summed E-state index contributed by atoms with van der Waals surface area (Å²) >= 11 is 0. The van der Waals surface area contributed by atoms with Crippen molar-refractivity contribution in [3.8, 4) is 0 Å². The molecule has 0 rings (SSSR count). The zero-order chi connectivity index (χ0) is 10.8. The Balaban J connectivity index is 3.91. The van der Waals surface area contributed by atoms with Gasteiger partial charge in [-0.15, -0.1) is 5.73 Å². The Kier molecular flexibility index (Phi) is 8.14. The third-order valence-electron chi connectivity index (χ3n) is 1.42. The molecule has 0 bridgehead atoms. The van der Waals surface area contributed by atoms with Gasteiger partial charge in [-0.2, -0.15) is 0 Å². The quantitative estimate of drug-likeness (QED) is 0.357. The summed E-state index contributed by atoms with van der Waals surface area (Å²) in [6.45, 7) is 6.57. The van der Waals surface area contributed by atoms with E-state index in [0.29, 0.717) is 19.6 Å². The van der Waals surface area contributed by atoms with Gasteiger partial charge in [-0.3, -0.25) is 4.79 Å². The lowest BCUT2D eigenvalue weighted by atomic mass is 10.3. The summed E-state index contributed by atoms with van der Waals surface area (Å²) in [6, 6.07) is 0. The molecule has 3 nitrogen and oxygen atoms in total. The Bertz CT molecular complexity index is 209. The molecule has 0 spiro atoms. The van der Waals surface area contributed by atoms with E-state index in [2.05, 4.69) is 5.73 Å². The highest BCUT2D eigenvalue weighted by Gasteiger charge is 2.03. The van der Waals surface area contributed by atoms with Gasteiger partial charge in [-0.05, 0) is 26.8 Å². The Morgan fingerprint density at radius 2 is 1.93 bits per heavy atom. The van der Waals surface area contributed by atoms with Gasteiger partial charge in [0.15, 0.2) is 12.1 Å². The Morgan fingerprint density at radius 3 is 2.36 bits per heavy atom. The Morgan fingerprint density at radius 1 is 1.36 bits per heavy atom. The maximum absolute atomic E-state index is 10.5. The number of ketones is 1. The molecule has 0 aromatic rings. The average molecular weight is 198 g/mol. The number of ether oxygens (including phenoxy) is 2. The van der Waals surface area contributed by atoms with Gasteiger partial charge >= 0.3 is 0 Å². The van der Waals surface area contributed by atoms with Gasteiger partial charge in [0.2, 0.25) is 0 Å². The van der Waals surface area contributed by atoms with E-state index in [4.69, 9.17) is 9.47 Å². The van der Waals surface area contributed by atoms with Gasteiger partial charge in [0, 0.05) is 25.7 Å². The first-order valence-corrected chi connectivity index (χ1v) is 4.85. The monoisotopic (exact) mass is 198 g/mol. The zero-order valence-electron chi connectivity index (χ0n) is 9.08. The van der Waals surface area contributed by atoms with Crippen LogP contribution in [0.5, 0.6) is 0 Å². The highest BCUT2D eigenvalue weighted by Crippen LogP contribution is 2.01.